The van der Waals surface area contributed by atoms with Crippen LogP contribution >= 0.6 is 0 Å². The van der Waals surface area contributed by atoms with Gasteiger partial charge in [0, 0.05) is 6.04 Å². The molecule has 0 radical (unpaired) electrons. The van der Waals surface area contributed by atoms with E-state index < -0.39 is 9.84 Å². The molecule has 0 aromatic carbocycles. The number of hydrogen-bond donors (Lipinski definition) is 1. The van der Waals surface area contributed by atoms with E-state index in [-0.39, 0.29) is 16.5 Å². The second kappa shape index (κ2) is 6.38. The third-order valence-electron chi connectivity index (χ3n) is 4.76. The topological polar surface area (TPSA) is 46.2 Å². The summed E-state index contributed by atoms with van der Waals surface area (Å²) in [5.74, 6) is 0. The zero-order valence-corrected chi connectivity index (χ0v) is 12.3. The second-order valence-corrected chi connectivity index (χ2v) is 8.37. The molecule has 18 heavy (non-hydrogen) atoms. The third-order valence-corrected chi connectivity index (χ3v) is 7.57. The van der Waals surface area contributed by atoms with E-state index in [4.69, 9.17) is 0 Å². The maximum absolute atomic E-state index is 12.8. The first kappa shape index (κ1) is 14.3. The van der Waals surface area contributed by atoms with Gasteiger partial charge in [0.2, 0.25) is 0 Å². The first-order valence-electron chi connectivity index (χ1n) is 7.56. The van der Waals surface area contributed by atoms with Crippen LogP contribution in [0, 0.1) is 0 Å². The van der Waals surface area contributed by atoms with Gasteiger partial charge in [0.25, 0.3) is 0 Å². The predicted molar refractivity (Wildman–Crippen MR) is 75.5 cm³/mol. The van der Waals surface area contributed by atoms with Crippen molar-refractivity contribution >= 4 is 9.84 Å². The quantitative estimate of drug-likeness (QED) is 0.804. The Balaban J connectivity index is 2.14. The average molecular weight is 273 g/mol. The monoisotopic (exact) mass is 273 g/mol. The summed E-state index contributed by atoms with van der Waals surface area (Å²) in [6.07, 6.45) is 10.5. The summed E-state index contributed by atoms with van der Waals surface area (Å²) in [5.41, 5.74) is 0. The van der Waals surface area contributed by atoms with Crippen LogP contribution < -0.4 is 5.32 Å². The maximum atomic E-state index is 12.8. The minimum absolute atomic E-state index is 0.0507. The first-order valence-corrected chi connectivity index (χ1v) is 9.17. The van der Waals surface area contributed by atoms with E-state index in [0.717, 1.165) is 44.9 Å². The van der Waals surface area contributed by atoms with Crippen LogP contribution in [0.2, 0.25) is 0 Å². The molecule has 4 heteroatoms. The Morgan fingerprint density at radius 1 is 0.833 bits per heavy atom. The predicted octanol–water partition coefficient (Wildman–Crippen LogP) is 2.65. The van der Waals surface area contributed by atoms with Gasteiger partial charge in [-0.1, -0.05) is 38.5 Å². The standard InChI is InChI=1S/C14H27NO2S/c1-15-13-10-6-3-7-11-14(13)18(16,17)12-8-4-2-5-9-12/h12-15H,2-11H2,1H3. The lowest BCUT2D eigenvalue weighted by Crippen LogP contribution is -2.46. The van der Waals surface area contributed by atoms with Gasteiger partial charge in [-0.25, -0.2) is 8.42 Å². The minimum atomic E-state index is -2.93. The summed E-state index contributed by atoms with van der Waals surface area (Å²) >= 11 is 0. The van der Waals surface area contributed by atoms with Crippen molar-refractivity contribution in [3.05, 3.63) is 0 Å². The van der Waals surface area contributed by atoms with Crippen molar-refractivity contribution in [1.82, 2.24) is 5.32 Å². The Kier molecular flexibility index (Phi) is 5.07. The summed E-state index contributed by atoms with van der Waals surface area (Å²) in [6.45, 7) is 0. The van der Waals surface area contributed by atoms with Gasteiger partial charge in [0.05, 0.1) is 10.5 Å². The van der Waals surface area contributed by atoms with Crippen LogP contribution in [0.25, 0.3) is 0 Å². The molecule has 2 unspecified atom stereocenters. The molecule has 0 amide bonds. The van der Waals surface area contributed by atoms with Crippen molar-refractivity contribution in [2.75, 3.05) is 7.05 Å². The van der Waals surface area contributed by atoms with E-state index in [9.17, 15) is 8.42 Å². The van der Waals surface area contributed by atoms with Crippen molar-refractivity contribution < 1.29 is 8.42 Å². The fraction of sp³-hybridized carbons (Fsp3) is 1.00. The molecule has 2 rings (SSSR count). The average Bonchev–Trinajstić information content (AvgIpc) is 2.65. The normalized spacial score (nSPS) is 32.1. The zero-order chi connectivity index (χ0) is 13.0. The minimum Gasteiger partial charge on any atom is -0.316 e. The fourth-order valence-electron chi connectivity index (χ4n) is 3.64. The molecule has 106 valence electrons. The summed E-state index contributed by atoms with van der Waals surface area (Å²) in [6, 6.07) is 0.180. The van der Waals surface area contributed by atoms with Crippen LogP contribution in [0.5, 0.6) is 0 Å². The maximum Gasteiger partial charge on any atom is 0.157 e. The van der Waals surface area contributed by atoms with Gasteiger partial charge in [-0.15, -0.1) is 0 Å². The molecule has 2 fully saturated rings. The van der Waals surface area contributed by atoms with E-state index in [0.29, 0.717) is 0 Å². The number of rotatable bonds is 3. The second-order valence-electron chi connectivity index (χ2n) is 5.92. The smallest absolute Gasteiger partial charge is 0.157 e. The van der Waals surface area contributed by atoms with Crippen molar-refractivity contribution in [1.29, 1.82) is 0 Å². The molecule has 0 aromatic heterocycles. The zero-order valence-electron chi connectivity index (χ0n) is 11.5. The highest BCUT2D eigenvalue weighted by atomic mass is 32.2. The van der Waals surface area contributed by atoms with Crippen molar-refractivity contribution in [3.8, 4) is 0 Å². The molecule has 1 N–H and O–H groups in total. The van der Waals surface area contributed by atoms with Gasteiger partial charge in [-0.3, -0.25) is 0 Å². The van der Waals surface area contributed by atoms with Crippen molar-refractivity contribution in [2.45, 2.75) is 80.7 Å². The molecule has 0 aliphatic heterocycles. The van der Waals surface area contributed by atoms with Crippen LogP contribution in [0.1, 0.15) is 64.2 Å². The molecule has 0 spiro atoms. The Hall–Kier alpha value is -0.0900. The Morgan fingerprint density at radius 2 is 1.39 bits per heavy atom. The van der Waals surface area contributed by atoms with Crippen molar-refractivity contribution in [2.24, 2.45) is 0 Å². The van der Waals surface area contributed by atoms with Gasteiger partial charge < -0.3 is 5.32 Å². The molecule has 0 bridgehead atoms. The highest BCUT2D eigenvalue weighted by Gasteiger charge is 2.39. The Bertz CT molecular complexity index is 347. The summed E-state index contributed by atoms with van der Waals surface area (Å²) in [5, 5.41) is 3.08. The number of nitrogens with one attached hydrogen (secondary N) is 1. The van der Waals surface area contributed by atoms with Crippen LogP contribution in [-0.2, 0) is 9.84 Å². The highest BCUT2D eigenvalue weighted by Crippen LogP contribution is 2.32. The molecule has 0 heterocycles. The SMILES string of the molecule is CNC1CCCCCC1S(=O)(=O)C1CCCCC1. The van der Waals surface area contributed by atoms with Crippen LogP contribution in [0.3, 0.4) is 0 Å². The molecule has 2 aliphatic carbocycles. The summed E-state index contributed by atoms with van der Waals surface area (Å²) in [7, 11) is -1.02. The Labute approximate surface area is 112 Å². The molecule has 2 saturated carbocycles. The summed E-state index contributed by atoms with van der Waals surface area (Å²) in [4.78, 5) is 0. The van der Waals surface area contributed by atoms with Gasteiger partial charge in [-0.2, -0.15) is 0 Å². The number of hydrogen-bond acceptors (Lipinski definition) is 3. The van der Waals surface area contributed by atoms with Crippen LogP contribution in [0.15, 0.2) is 0 Å². The molecule has 0 aromatic rings. The molecule has 2 atom stereocenters. The molecule has 3 nitrogen and oxygen atoms in total. The van der Waals surface area contributed by atoms with Crippen LogP contribution in [-0.4, -0.2) is 32.0 Å². The molecule has 2 aliphatic rings. The molecule has 0 saturated heterocycles. The fourth-order valence-corrected chi connectivity index (χ4v) is 6.35. The third kappa shape index (κ3) is 3.08. The highest BCUT2D eigenvalue weighted by molar-refractivity contribution is 7.92. The van der Waals surface area contributed by atoms with Gasteiger partial charge in [-0.05, 0) is 32.7 Å². The van der Waals surface area contributed by atoms with E-state index >= 15 is 0 Å². The number of sulfone groups is 1. The molecular weight excluding hydrogens is 246 g/mol. The summed E-state index contributed by atoms with van der Waals surface area (Å²) < 4.78 is 25.6. The van der Waals surface area contributed by atoms with Gasteiger partial charge >= 0.3 is 0 Å². The van der Waals surface area contributed by atoms with Gasteiger partial charge in [0.1, 0.15) is 0 Å². The van der Waals surface area contributed by atoms with E-state index in [1.165, 1.54) is 19.3 Å². The first-order chi connectivity index (χ1) is 8.66. The van der Waals surface area contributed by atoms with Gasteiger partial charge in [0.15, 0.2) is 9.84 Å². The van der Waals surface area contributed by atoms with Crippen LogP contribution in [0.4, 0.5) is 0 Å². The largest absolute Gasteiger partial charge is 0.316 e. The Morgan fingerprint density at radius 3 is 2.00 bits per heavy atom. The molecular formula is C14H27NO2S. The lowest BCUT2D eigenvalue weighted by Gasteiger charge is -2.30. The van der Waals surface area contributed by atoms with E-state index in [2.05, 4.69) is 5.32 Å². The lowest BCUT2D eigenvalue weighted by atomic mass is 10.0. The lowest BCUT2D eigenvalue weighted by molar-refractivity contribution is 0.447. The van der Waals surface area contributed by atoms with E-state index in [1.807, 2.05) is 7.05 Å². The van der Waals surface area contributed by atoms with E-state index in [1.54, 1.807) is 0 Å². The van der Waals surface area contributed by atoms with Crippen molar-refractivity contribution in [3.63, 3.8) is 0 Å².